The van der Waals surface area contributed by atoms with Crippen LogP contribution in [0.25, 0.3) is 0 Å². The van der Waals surface area contributed by atoms with Crippen LogP contribution in [0.15, 0.2) is 33.3 Å². The molecule has 0 saturated carbocycles. The number of aromatic nitrogens is 1. The van der Waals surface area contributed by atoms with Crippen molar-refractivity contribution < 1.29 is 4.42 Å². The van der Waals surface area contributed by atoms with Crippen molar-refractivity contribution in [3.05, 3.63) is 45.5 Å². The van der Waals surface area contributed by atoms with Crippen molar-refractivity contribution in [3.63, 3.8) is 0 Å². The molecular formula is C12H12BrClN2O. The molecule has 1 unspecified atom stereocenters. The number of halogens is 2. The highest BCUT2D eigenvalue weighted by Crippen LogP contribution is 2.27. The van der Waals surface area contributed by atoms with Crippen molar-refractivity contribution in [2.24, 2.45) is 0 Å². The highest BCUT2D eigenvalue weighted by Gasteiger charge is 2.11. The number of nitrogens with one attached hydrogen (secondary N) is 1. The Morgan fingerprint density at radius 2 is 2.24 bits per heavy atom. The molecule has 0 aliphatic carbocycles. The minimum Gasteiger partial charge on any atom is -0.464 e. The van der Waals surface area contributed by atoms with E-state index < -0.39 is 0 Å². The summed E-state index contributed by atoms with van der Waals surface area (Å²) in [6, 6.07) is 5.82. The van der Waals surface area contributed by atoms with Gasteiger partial charge in [-0.25, -0.2) is 4.98 Å². The number of pyridine rings is 1. The highest BCUT2D eigenvalue weighted by molar-refractivity contribution is 9.10. The van der Waals surface area contributed by atoms with E-state index in [2.05, 4.69) is 26.2 Å². The number of anilines is 1. The van der Waals surface area contributed by atoms with Crippen molar-refractivity contribution in [1.82, 2.24) is 4.98 Å². The molecule has 2 rings (SSSR count). The Balaban J connectivity index is 2.18. The summed E-state index contributed by atoms with van der Waals surface area (Å²) in [5.74, 6) is 1.77. The molecule has 0 fully saturated rings. The lowest BCUT2D eigenvalue weighted by Crippen LogP contribution is -2.06. The van der Waals surface area contributed by atoms with Gasteiger partial charge in [0.1, 0.15) is 11.5 Å². The molecule has 0 aliphatic heterocycles. The van der Waals surface area contributed by atoms with Crippen LogP contribution in [0.5, 0.6) is 0 Å². The van der Waals surface area contributed by atoms with Gasteiger partial charge in [-0.05, 0) is 48.0 Å². The van der Waals surface area contributed by atoms with Crippen LogP contribution in [0.4, 0.5) is 5.69 Å². The number of aryl methyl sites for hydroxylation is 1. The quantitative estimate of drug-likeness (QED) is 0.843. The van der Waals surface area contributed by atoms with Crippen LogP contribution in [0, 0.1) is 6.92 Å². The van der Waals surface area contributed by atoms with Gasteiger partial charge in [0.05, 0.1) is 11.7 Å². The molecule has 1 atom stereocenters. The molecule has 90 valence electrons. The first-order chi connectivity index (χ1) is 8.06. The van der Waals surface area contributed by atoms with E-state index in [1.807, 2.05) is 32.0 Å². The summed E-state index contributed by atoms with van der Waals surface area (Å²) in [6.45, 7) is 3.93. The fourth-order valence-electron chi connectivity index (χ4n) is 1.51. The molecule has 5 heteroatoms. The summed E-state index contributed by atoms with van der Waals surface area (Å²) < 4.78 is 6.43. The van der Waals surface area contributed by atoms with Crippen molar-refractivity contribution >= 4 is 33.2 Å². The third-order valence-corrected chi connectivity index (χ3v) is 3.10. The largest absolute Gasteiger partial charge is 0.464 e. The Kier molecular flexibility index (Phi) is 3.74. The monoisotopic (exact) mass is 314 g/mol. The Bertz CT molecular complexity index is 527. The van der Waals surface area contributed by atoms with Gasteiger partial charge in [0, 0.05) is 10.7 Å². The first-order valence-corrected chi connectivity index (χ1v) is 6.37. The van der Waals surface area contributed by atoms with Crippen LogP contribution >= 0.6 is 27.5 Å². The molecule has 0 saturated heterocycles. The second kappa shape index (κ2) is 5.10. The first kappa shape index (κ1) is 12.5. The molecule has 17 heavy (non-hydrogen) atoms. The predicted molar refractivity (Wildman–Crippen MR) is 72.4 cm³/mol. The minimum absolute atomic E-state index is 0.0392. The van der Waals surface area contributed by atoms with Gasteiger partial charge >= 0.3 is 0 Å². The van der Waals surface area contributed by atoms with E-state index in [-0.39, 0.29) is 6.04 Å². The summed E-state index contributed by atoms with van der Waals surface area (Å²) in [5.41, 5.74) is 0.780. The minimum atomic E-state index is 0.0392. The van der Waals surface area contributed by atoms with E-state index >= 15 is 0 Å². The van der Waals surface area contributed by atoms with Crippen molar-refractivity contribution in [2.75, 3.05) is 5.32 Å². The van der Waals surface area contributed by atoms with Crippen LogP contribution in [0.3, 0.4) is 0 Å². The molecule has 0 radical (unpaired) electrons. The number of hydrogen-bond acceptors (Lipinski definition) is 3. The zero-order chi connectivity index (χ0) is 12.4. The Morgan fingerprint density at radius 1 is 1.47 bits per heavy atom. The lowest BCUT2D eigenvalue weighted by Gasteiger charge is -2.13. The maximum atomic E-state index is 6.01. The second-order valence-corrected chi connectivity index (χ2v) is 5.08. The summed E-state index contributed by atoms with van der Waals surface area (Å²) in [4.78, 5) is 4.06. The third-order valence-electron chi connectivity index (χ3n) is 2.37. The summed E-state index contributed by atoms with van der Waals surface area (Å²) in [5, 5.41) is 3.71. The van der Waals surface area contributed by atoms with E-state index in [1.54, 1.807) is 6.20 Å². The Labute approximate surface area is 113 Å². The fourth-order valence-corrected chi connectivity index (χ4v) is 2.00. The maximum absolute atomic E-state index is 6.01. The molecule has 2 aromatic heterocycles. The smallest absolute Gasteiger partial charge is 0.152 e. The molecule has 1 N–H and O–H groups in total. The maximum Gasteiger partial charge on any atom is 0.152 e. The van der Waals surface area contributed by atoms with Crippen LogP contribution in [0.1, 0.15) is 24.5 Å². The van der Waals surface area contributed by atoms with Gasteiger partial charge in [-0.15, -0.1) is 0 Å². The van der Waals surface area contributed by atoms with E-state index in [9.17, 15) is 0 Å². The van der Waals surface area contributed by atoms with E-state index in [4.69, 9.17) is 16.0 Å². The topological polar surface area (TPSA) is 38.1 Å². The lowest BCUT2D eigenvalue weighted by molar-refractivity contribution is 0.467. The normalized spacial score (nSPS) is 12.5. The summed E-state index contributed by atoms with van der Waals surface area (Å²) in [7, 11) is 0. The Morgan fingerprint density at radius 3 is 2.88 bits per heavy atom. The molecule has 2 aromatic rings. The van der Waals surface area contributed by atoms with Crippen molar-refractivity contribution in [2.45, 2.75) is 19.9 Å². The predicted octanol–water partition coefficient (Wildman–Crippen LogP) is 4.57. The SMILES string of the molecule is Cc1ccc(C(C)Nc2cc(Br)cnc2Cl)o1. The number of nitrogens with zero attached hydrogens (tertiary/aromatic N) is 1. The van der Waals surface area contributed by atoms with Gasteiger partial charge in [0.2, 0.25) is 0 Å². The third kappa shape index (κ3) is 3.01. The van der Waals surface area contributed by atoms with Gasteiger partial charge in [0.15, 0.2) is 5.15 Å². The zero-order valence-electron chi connectivity index (χ0n) is 9.50. The standard InChI is InChI=1S/C12H12BrClN2O/c1-7-3-4-11(17-7)8(2)16-10-5-9(13)6-15-12(10)14/h3-6,8,16H,1-2H3. The van der Waals surface area contributed by atoms with E-state index in [0.29, 0.717) is 5.15 Å². The van der Waals surface area contributed by atoms with Gasteiger partial charge in [-0.1, -0.05) is 11.6 Å². The molecule has 0 spiro atoms. The van der Waals surface area contributed by atoms with Gasteiger partial charge in [-0.3, -0.25) is 0 Å². The van der Waals surface area contributed by atoms with E-state index in [0.717, 1.165) is 21.7 Å². The zero-order valence-corrected chi connectivity index (χ0v) is 11.8. The molecular weight excluding hydrogens is 304 g/mol. The van der Waals surface area contributed by atoms with Gasteiger partial charge < -0.3 is 9.73 Å². The molecule has 3 nitrogen and oxygen atoms in total. The number of furan rings is 1. The fraction of sp³-hybridized carbons (Fsp3) is 0.250. The highest BCUT2D eigenvalue weighted by atomic mass is 79.9. The molecule has 0 aliphatic rings. The first-order valence-electron chi connectivity index (χ1n) is 5.20. The molecule has 0 aromatic carbocycles. The summed E-state index contributed by atoms with van der Waals surface area (Å²) in [6.07, 6.45) is 1.66. The number of rotatable bonds is 3. The van der Waals surface area contributed by atoms with E-state index in [1.165, 1.54) is 0 Å². The van der Waals surface area contributed by atoms with Crippen molar-refractivity contribution in [1.29, 1.82) is 0 Å². The molecule has 2 heterocycles. The summed E-state index contributed by atoms with van der Waals surface area (Å²) >= 11 is 9.37. The van der Waals surface area contributed by atoms with Crippen LogP contribution in [-0.2, 0) is 0 Å². The van der Waals surface area contributed by atoms with Crippen LogP contribution in [-0.4, -0.2) is 4.98 Å². The molecule has 0 amide bonds. The number of hydrogen-bond donors (Lipinski definition) is 1. The van der Waals surface area contributed by atoms with Gasteiger partial charge in [0.25, 0.3) is 0 Å². The average molecular weight is 316 g/mol. The van der Waals surface area contributed by atoms with Crippen LogP contribution < -0.4 is 5.32 Å². The second-order valence-electron chi connectivity index (χ2n) is 3.81. The van der Waals surface area contributed by atoms with Gasteiger partial charge in [-0.2, -0.15) is 0 Å². The van der Waals surface area contributed by atoms with Crippen LogP contribution in [0.2, 0.25) is 5.15 Å². The lowest BCUT2D eigenvalue weighted by atomic mass is 10.2. The van der Waals surface area contributed by atoms with Crippen molar-refractivity contribution in [3.8, 4) is 0 Å². The molecule has 0 bridgehead atoms. The Hall–Kier alpha value is -1.000. The average Bonchev–Trinajstić information content (AvgIpc) is 2.70.